The van der Waals surface area contributed by atoms with E-state index in [0.29, 0.717) is 38.0 Å². The average Bonchev–Trinajstić information content (AvgIpc) is 3.42. The van der Waals surface area contributed by atoms with E-state index >= 15 is 0 Å². The van der Waals surface area contributed by atoms with Gasteiger partial charge in [-0.1, -0.05) is 19.6 Å². The van der Waals surface area contributed by atoms with Gasteiger partial charge >= 0.3 is 0 Å². The number of anilines is 1. The van der Waals surface area contributed by atoms with Crippen molar-refractivity contribution in [2.75, 3.05) is 31.3 Å². The number of carbonyl (C=O) groups excluding carboxylic acids is 1. The van der Waals surface area contributed by atoms with Gasteiger partial charge in [-0.2, -0.15) is 14.9 Å². The summed E-state index contributed by atoms with van der Waals surface area (Å²) in [6, 6.07) is 5.11. The maximum atomic E-state index is 12.4. The molecule has 0 spiro atoms. The van der Waals surface area contributed by atoms with Gasteiger partial charge in [-0.25, -0.2) is 9.67 Å². The molecule has 3 aromatic heterocycles. The van der Waals surface area contributed by atoms with Crippen molar-refractivity contribution < 1.29 is 14.3 Å². The van der Waals surface area contributed by atoms with Gasteiger partial charge in [0.2, 0.25) is 5.91 Å². The summed E-state index contributed by atoms with van der Waals surface area (Å²) in [6.07, 6.45) is 3.61. The maximum absolute atomic E-state index is 12.4. The minimum Gasteiger partial charge on any atom is -0.377 e. The predicted octanol–water partition coefficient (Wildman–Crippen LogP) is 2.92. The molecule has 1 aliphatic heterocycles. The van der Waals surface area contributed by atoms with Crippen molar-refractivity contribution in [2.24, 2.45) is 5.73 Å². The van der Waals surface area contributed by atoms with Gasteiger partial charge in [0.1, 0.15) is 12.5 Å². The third-order valence-electron chi connectivity index (χ3n) is 6.54. The molecule has 4 heterocycles. The second-order valence-corrected chi connectivity index (χ2v) is 16.6. The monoisotopic (exact) mass is 499 g/mol. The lowest BCUT2D eigenvalue weighted by atomic mass is 9.82. The zero-order chi connectivity index (χ0) is 25.4. The Balaban J connectivity index is 1.70. The van der Waals surface area contributed by atoms with E-state index in [1.54, 1.807) is 15.6 Å². The highest BCUT2D eigenvalue weighted by Crippen LogP contribution is 2.34. The van der Waals surface area contributed by atoms with Crippen LogP contribution in [0, 0.1) is 0 Å². The van der Waals surface area contributed by atoms with Gasteiger partial charge in [0.05, 0.1) is 30.9 Å². The first-order chi connectivity index (χ1) is 16.5. The fraction of sp³-hybridized carbons (Fsp3) is 0.583. The lowest BCUT2D eigenvalue weighted by molar-refractivity contribution is -0.122. The number of morpholine rings is 1. The fourth-order valence-electron chi connectivity index (χ4n) is 4.09. The van der Waals surface area contributed by atoms with Gasteiger partial charge in [0, 0.05) is 38.9 Å². The van der Waals surface area contributed by atoms with E-state index in [2.05, 4.69) is 41.7 Å². The molecule has 0 saturated carbocycles. The Kier molecular flexibility index (Phi) is 7.03. The lowest BCUT2D eigenvalue weighted by Crippen LogP contribution is -2.44. The third kappa shape index (κ3) is 5.41. The number of carbonyl (C=O) groups is 1. The Hall–Kier alpha value is -2.76. The number of rotatable bonds is 9. The van der Waals surface area contributed by atoms with Crippen LogP contribution in [0.5, 0.6) is 0 Å². The molecule has 3 aromatic rings. The van der Waals surface area contributed by atoms with Crippen molar-refractivity contribution in [3.63, 3.8) is 0 Å². The summed E-state index contributed by atoms with van der Waals surface area (Å²) in [7, 11) is -1.14. The van der Waals surface area contributed by atoms with E-state index in [0.717, 1.165) is 29.4 Å². The summed E-state index contributed by atoms with van der Waals surface area (Å²) in [5, 5.41) is 10.0. The van der Waals surface area contributed by atoms with Gasteiger partial charge < -0.3 is 20.1 Å². The smallest absolute Gasteiger partial charge is 0.227 e. The molecule has 10 nitrogen and oxygen atoms in total. The Bertz CT molecular complexity index is 1200. The Morgan fingerprint density at radius 3 is 2.77 bits per heavy atom. The molecular formula is C24H37N7O3Si. The summed E-state index contributed by atoms with van der Waals surface area (Å²) >= 11 is 0. The van der Waals surface area contributed by atoms with Crippen LogP contribution >= 0.6 is 0 Å². The van der Waals surface area contributed by atoms with E-state index in [-0.39, 0.29) is 6.04 Å². The van der Waals surface area contributed by atoms with E-state index in [1.807, 2.05) is 32.2 Å². The minimum absolute atomic E-state index is 0.155. The van der Waals surface area contributed by atoms with Gasteiger partial charge in [-0.15, -0.1) is 0 Å². The summed E-state index contributed by atoms with van der Waals surface area (Å²) in [4.78, 5) is 19.6. The number of amides is 1. The highest BCUT2D eigenvalue weighted by atomic mass is 28.3. The number of nitrogens with zero attached hydrogens (tertiary/aromatic N) is 6. The second-order valence-electron chi connectivity index (χ2n) is 11.0. The quantitative estimate of drug-likeness (QED) is 0.356. The van der Waals surface area contributed by atoms with Crippen molar-refractivity contribution in [2.45, 2.75) is 64.6 Å². The topological polar surface area (TPSA) is 113 Å². The molecule has 35 heavy (non-hydrogen) atoms. The number of aromatic nitrogens is 5. The van der Waals surface area contributed by atoms with Crippen LogP contribution in [-0.2, 0) is 26.4 Å². The first-order valence-corrected chi connectivity index (χ1v) is 15.8. The number of hydrogen-bond acceptors (Lipinski definition) is 7. The van der Waals surface area contributed by atoms with E-state index in [1.165, 1.54) is 0 Å². The molecule has 0 radical (unpaired) electrons. The minimum atomic E-state index is -1.14. The predicted molar refractivity (Wildman–Crippen MR) is 139 cm³/mol. The molecule has 1 unspecified atom stereocenters. The summed E-state index contributed by atoms with van der Waals surface area (Å²) in [5.41, 5.74) is 6.34. The molecule has 1 amide bonds. The summed E-state index contributed by atoms with van der Waals surface area (Å²) in [5.74, 6) is 1.00. The SMILES string of the molecule is CC1COCCN1c1cc(C(C)(C)C(N)=O)c2cnn(-c3ccn(COCC[Si](C)(C)C)n3)c2n1. The van der Waals surface area contributed by atoms with Crippen LogP contribution in [0.1, 0.15) is 26.3 Å². The molecule has 2 N–H and O–H groups in total. The van der Waals surface area contributed by atoms with Crippen LogP contribution in [0.4, 0.5) is 5.82 Å². The van der Waals surface area contributed by atoms with Gasteiger partial charge in [-0.3, -0.25) is 4.79 Å². The standard InChI is InChI=1S/C24H37N7O3Si/c1-17-15-33-10-9-30(17)21-13-19(24(2,3)23(25)32)18-14-26-31(22(18)27-21)20-7-8-29(28-20)16-34-11-12-35(4,5)6/h7-8,13-14,17H,9-12,15-16H2,1-6H3,(H2,25,32). The number of hydrogen-bond donors (Lipinski definition) is 1. The number of primary amides is 1. The van der Waals surface area contributed by atoms with Crippen molar-refractivity contribution in [3.05, 3.63) is 30.1 Å². The molecule has 0 aliphatic carbocycles. The highest BCUT2D eigenvalue weighted by molar-refractivity contribution is 6.76. The Labute approximate surface area is 207 Å². The molecule has 0 aromatic carbocycles. The normalized spacial score (nSPS) is 17.3. The van der Waals surface area contributed by atoms with E-state index in [4.69, 9.17) is 20.2 Å². The third-order valence-corrected chi connectivity index (χ3v) is 8.25. The van der Waals surface area contributed by atoms with E-state index in [9.17, 15) is 4.79 Å². The maximum Gasteiger partial charge on any atom is 0.227 e. The van der Waals surface area contributed by atoms with Crippen molar-refractivity contribution in [1.82, 2.24) is 24.5 Å². The number of nitrogens with two attached hydrogens (primary N) is 1. The van der Waals surface area contributed by atoms with Crippen molar-refractivity contribution in [3.8, 4) is 5.82 Å². The molecule has 0 bridgehead atoms. The van der Waals surface area contributed by atoms with Crippen LogP contribution < -0.4 is 10.6 Å². The van der Waals surface area contributed by atoms with Crippen molar-refractivity contribution >= 4 is 30.8 Å². The van der Waals surface area contributed by atoms with Crippen LogP contribution in [0.3, 0.4) is 0 Å². The second kappa shape index (κ2) is 9.71. The molecule has 1 fully saturated rings. The fourth-order valence-corrected chi connectivity index (χ4v) is 4.85. The van der Waals surface area contributed by atoms with Crippen LogP contribution in [0.2, 0.25) is 25.7 Å². The van der Waals surface area contributed by atoms with Crippen LogP contribution in [-0.4, -0.2) is 70.9 Å². The molecule has 1 aliphatic rings. The highest BCUT2D eigenvalue weighted by Gasteiger charge is 2.33. The first-order valence-electron chi connectivity index (χ1n) is 12.1. The lowest BCUT2D eigenvalue weighted by Gasteiger charge is -2.35. The van der Waals surface area contributed by atoms with Gasteiger partial charge in [0.15, 0.2) is 11.5 Å². The van der Waals surface area contributed by atoms with Crippen LogP contribution in [0.25, 0.3) is 16.9 Å². The van der Waals surface area contributed by atoms with Gasteiger partial charge in [-0.05, 0) is 38.4 Å². The Morgan fingerprint density at radius 2 is 2.09 bits per heavy atom. The molecule has 190 valence electrons. The Morgan fingerprint density at radius 1 is 1.31 bits per heavy atom. The summed E-state index contributed by atoms with van der Waals surface area (Å²) in [6.45, 7) is 15.8. The number of pyridine rings is 1. The molecule has 11 heteroatoms. The molecule has 1 saturated heterocycles. The summed E-state index contributed by atoms with van der Waals surface area (Å²) < 4.78 is 14.9. The van der Waals surface area contributed by atoms with Crippen LogP contribution in [0.15, 0.2) is 24.5 Å². The average molecular weight is 500 g/mol. The zero-order valence-corrected chi connectivity index (χ0v) is 22.6. The molecule has 4 rings (SSSR count). The largest absolute Gasteiger partial charge is 0.377 e. The molecule has 1 atom stereocenters. The number of fused-ring (bicyclic) bond motifs is 1. The van der Waals surface area contributed by atoms with Crippen molar-refractivity contribution in [1.29, 1.82) is 0 Å². The van der Waals surface area contributed by atoms with Gasteiger partial charge in [0.25, 0.3) is 0 Å². The zero-order valence-electron chi connectivity index (χ0n) is 21.6. The molecular weight excluding hydrogens is 462 g/mol. The van der Waals surface area contributed by atoms with E-state index < -0.39 is 19.4 Å². The first kappa shape index (κ1) is 25.3. The number of ether oxygens (including phenoxy) is 2.